The van der Waals surface area contributed by atoms with Crippen molar-refractivity contribution in [2.24, 2.45) is 0 Å². The van der Waals surface area contributed by atoms with Crippen LogP contribution in [0, 0.1) is 0 Å². The Labute approximate surface area is 122 Å². The average molecular weight is 290 g/mol. The second kappa shape index (κ2) is 5.21. The maximum atomic E-state index is 6.28. The van der Waals surface area contributed by atoms with Crippen molar-refractivity contribution in [2.45, 2.75) is 25.8 Å². The Bertz CT molecular complexity index is 718. The molecule has 104 valence electrons. The van der Waals surface area contributed by atoms with Gasteiger partial charge >= 0.3 is 0 Å². The van der Waals surface area contributed by atoms with Crippen LogP contribution in [0.25, 0.3) is 11.0 Å². The van der Waals surface area contributed by atoms with E-state index in [1.54, 1.807) is 6.26 Å². The Balaban J connectivity index is 1.91. The number of rotatable bonds is 4. The van der Waals surface area contributed by atoms with Crippen molar-refractivity contribution < 1.29 is 4.42 Å². The fraction of sp³-hybridized carbons (Fsp3) is 0.267. The molecule has 2 aromatic heterocycles. The lowest BCUT2D eigenvalue weighted by atomic mass is 10.1. The third-order valence-electron chi connectivity index (χ3n) is 3.52. The van der Waals surface area contributed by atoms with Gasteiger partial charge in [0, 0.05) is 12.5 Å². The van der Waals surface area contributed by atoms with Gasteiger partial charge in [-0.25, -0.2) is 4.98 Å². The Kier molecular flexibility index (Phi) is 3.40. The number of benzene rings is 1. The first-order valence-electron chi connectivity index (χ1n) is 6.61. The number of aromatic nitrogens is 2. The number of nitrogens with two attached hydrogens (primary N) is 1. The molecule has 0 fully saturated rings. The molecule has 0 aliphatic rings. The topological polar surface area (TPSA) is 57.0 Å². The predicted molar refractivity (Wildman–Crippen MR) is 80.9 cm³/mol. The summed E-state index contributed by atoms with van der Waals surface area (Å²) in [6.45, 7) is 2.11. The number of aryl methyl sites for hydroxylation is 1. The molecular weight excluding hydrogens is 274 g/mol. The summed E-state index contributed by atoms with van der Waals surface area (Å²) in [4.78, 5) is 4.37. The summed E-state index contributed by atoms with van der Waals surface area (Å²) in [5.74, 6) is 1.48. The van der Waals surface area contributed by atoms with Gasteiger partial charge in [-0.15, -0.1) is 0 Å². The van der Waals surface area contributed by atoms with Crippen molar-refractivity contribution in [3.05, 3.63) is 47.4 Å². The van der Waals surface area contributed by atoms with Crippen LogP contribution < -0.4 is 5.73 Å². The van der Waals surface area contributed by atoms with Gasteiger partial charge in [-0.05, 0) is 37.6 Å². The van der Waals surface area contributed by atoms with E-state index in [0.29, 0.717) is 11.0 Å². The molecular formula is C15H16ClN3O. The lowest BCUT2D eigenvalue weighted by Gasteiger charge is -2.16. The third-order valence-corrected chi connectivity index (χ3v) is 3.82. The molecule has 1 aromatic carbocycles. The van der Waals surface area contributed by atoms with Gasteiger partial charge in [0.1, 0.15) is 5.76 Å². The summed E-state index contributed by atoms with van der Waals surface area (Å²) >= 11 is 6.28. The molecule has 1 atom stereocenters. The van der Waals surface area contributed by atoms with E-state index in [1.807, 2.05) is 34.9 Å². The molecule has 0 spiro atoms. The van der Waals surface area contributed by atoms with Gasteiger partial charge in [0.25, 0.3) is 0 Å². The van der Waals surface area contributed by atoms with Gasteiger partial charge in [-0.3, -0.25) is 0 Å². The number of hydrogen-bond acceptors (Lipinski definition) is 3. The first-order chi connectivity index (χ1) is 9.66. The molecule has 0 saturated carbocycles. The maximum Gasteiger partial charge on any atom is 0.201 e. The van der Waals surface area contributed by atoms with E-state index in [2.05, 4.69) is 11.9 Å². The fourth-order valence-corrected chi connectivity index (χ4v) is 2.77. The van der Waals surface area contributed by atoms with E-state index in [0.717, 1.165) is 29.6 Å². The molecule has 1 unspecified atom stereocenters. The monoisotopic (exact) mass is 289 g/mol. The normalized spacial score (nSPS) is 12.9. The molecule has 3 rings (SSSR count). The lowest BCUT2D eigenvalue weighted by Crippen LogP contribution is -2.10. The summed E-state index contributed by atoms with van der Waals surface area (Å²) in [6, 6.07) is 9.75. The third kappa shape index (κ3) is 2.27. The number of nitrogens with zero attached hydrogens (tertiary/aromatic N) is 2. The molecule has 0 radical (unpaired) electrons. The van der Waals surface area contributed by atoms with Gasteiger partial charge < -0.3 is 14.7 Å². The van der Waals surface area contributed by atoms with Crippen LogP contribution in [0.15, 0.2) is 41.0 Å². The number of imidazole rings is 1. The van der Waals surface area contributed by atoms with Crippen LogP contribution in [-0.4, -0.2) is 9.55 Å². The molecule has 0 bridgehead atoms. The first kappa shape index (κ1) is 13.1. The SMILES string of the molecule is CC(CCc1ccco1)n1c(N)nc2cccc(Cl)c21. The van der Waals surface area contributed by atoms with Crippen molar-refractivity contribution in [1.82, 2.24) is 9.55 Å². The average Bonchev–Trinajstić information content (AvgIpc) is 3.03. The molecule has 2 N–H and O–H groups in total. The molecule has 0 aliphatic heterocycles. The van der Waals surface area contributed by atoms with Gasteiger partial charge in [-0.1, -0.05) is 17.7 Å². The minimum Gasteiger partial charge on any atom is -0.469 e. The Morgan fingerprint density at radius 1 is 1.35 bits per heavy atom. The maximum absolute atomic E-state index is 6.28. The number of fused-ring (bicyclic) bond motifs is 1. The first-order valence-corrected chi connectivity index (χ1v) is 6.99. The number of anilines is 1. The summed E-state index contributed by atoms with van der Waals surface area (Å²) in [6.07, 6.45) is 3.46. The summed E-state index contributed by atoms with van der Waals surface area (Å²) in [5, 5.41) is 0.677. The highest BCUT2D eigenvalue weighted by molar-refractivity contribution is 6.35. The molecule has 2 heterocycles. The van der Waals surface area contributed by atoms with Crippen molar-refractivity contribution in [2.75, 3.05) is 5.73 Å². The van der Waals surface area contributed by atoms with Crippen LogP contribution in [0.5, 0.6) is 0 Å². The van der Waals surface area contributed by atoms with Crippen LogP contribution in [0.1, 0.15) is 25.1 Å². The molecule has 3 aromatic rings. The minimum absolute atomic E-state index is 0.199. The number of halogens is 1. The zero-order chi connectivity index (χ0) is 14.1. The second-order valence-corrected chi connectivity index (χ2v) is 5.32. The van der Waals surface area contributed by atoms with Gasteiger partial charge in [0.05, 0.1) is 22.3 Å². The van der Waals surface area contributed by atoms with Crippen LogP contribution in [0.4, 0.5) is 5.95 Å². The van der Waals surface area contributed by atoms with Crippen molar-refractivity contribution in [3.8, 4) is 0 Å². The largest absolute Gasteiger partial charge is 0.469 e. The number of nitrogen functional groups attached to an aromatic ring is 1. The van der Waals surface area contributed by atoms with E-state index >= 15 is 0 Å². The van der Waals surface area contributed by atoms with Gasteiger partial charge in [-0.2, -0.15) is 0 Å². The standard InChI is InChI=1S/C15H16ClN3O/c1-10(7-8-11-4-3-9-20-11)19-14-12(16)5-2-6-13(14)18-15(19)17/h2-6,9-10H,7-8H2,1H3,(H2,17,18). The Morgan fingerprint density at radius 2 is 2.20 bits per heavy atom. The van der Waals surface area contributed by atoms with Crippen LogP contribution >= 0.6 is 11.6 Å². The molecule has 4 nitrogen and oxygen atoms in total. The molecule has 5 heteroatoms. The van der Waals surface area contributed by atoms with E-state index in [4.69, 9.17) is 21.8 Å². The summed E-state index contributed by atoms with van der Waals surface area (Å²) in [5.41, 5.74) is 7.78. The number of furan rings is 1. The second-order valence-electron chi connectivity index (χ2n) is 4.91. The highest BCUT2D eigenvalue weighted by atomic mass is 35.5. The minimum atomic E-state index is 0.199. The van der Waals surface area contributed by atoms with Crippen molar-refractivity contribution >= 4 is 28.6 Å². The van der Waals surface area contributed by atoms with Gasteiger partial charge in [0.2, 0.25) is 5.95 Å². The number of hydrogen-bond donors (Lipinski definition) is 1. The zero-order valence-electron chi connectivity index (χ0n) is 11.2. The molecule has 0 saturated heterocycles. The van der Waals surface area contributed by atoms with E-state index in [1.165, 1.54) is 0 Å². The molecule has 0 aliphatic carbocycles. The van der Waals surface area contributed by atoms with Crippen molar-refractivity contribution in [3.63, 3.8) is 0 Å². The predicted octanol–water partition coefficient (Wildman–Crippen LogP) is 4.06. The zero-order valence-corrected chi connectivity index (χ0v) is 12.0. The summed E-state index contributed by atoms with van der Waals surface area (Å²) in [7, 11) is 0. The van der Waals surface area contributed by atoms with Crippen LogP contribution in [0.2, 0.25) is 5.02 Å². The fourth-order valence-electron chi connectivity index (χ4n) is 2.51. The van der Waals surface area contributed by atoms with E-state index < -0.39 is 0 Å². The highest BCUT2D eigenvalue weighted by Crippen LogP contribution is 2.30. The molecule has 0 amide bonds. The smallest absolute Gasteiger partial charge is 0.201 e. The Morgan fingerprint density at radius 3 is 2.95 bits per heavy atom. The van der Waals surface area contributed by atoms with Gasteiger partial charge in [0.15, 0.2) is 0 Å². The van der Waals surface area contributed by atoms with E-state index in [-0.39, 0.29) is 6.04 Å². The van der Waals surface area contributed by atoms with Crippen molar-refractivity contribution in [1.29, 1.82) is 0 Å². The van der Waals surface area contributed by atoms with E-state index in [9.17, 15) is 0 Å². The lowest BCUT2D eigenvalue weighted by molar-refractivity contribution is 0.460. The Hall–Kier alpha value is -1.94. The summed E-state index contributed by atoms with van der Waals surface area (Å²) < 4.78 is 7.36. The van der Waals surface area contributed by atoms with Crippen LogP contribution in [-0.2, 0) is 6.42 Å². The quantitative estimate of drug-likeness (QED) is 0.788. The molecule has 20 heavy (non-hydrogen) atoms. The van der Waals surface area contributed by atoms with Crippen LogP contribution in [0.3, 0.4) is 0 Å². The number of para-hydroxylation sites is 1. The highest BCUT2D eigenvalue weighted by Gasteiger charge is 2.16.